The molecule has 0 unspecified atom stereocenters. The third-order valence-electron chi connectivity index (χ3n) is 10.2. The Morgan fingerprint density at radius 2 is 0.709 bits per heavy atom. The lowest BCUT2D eigenvalue weighted by atomic mass is 9.96. The average Bonchev–Trinajstić information content (AvgIpc) is 3.66. The lowest BCUT2D eigenvalue weighted by Gasteiger charge is -2.12. The van der Waals surface area contributed by atoms with E-state index in [2.05, 4.69) is 170 Å². The molecule has 0 aliphatic carbocycles. The lowest BCUT2D eigenvalue weighted by molar-refractivity contribution is 0.669. The molecule has 0 aliphatic heterocycles. The molecule has 4 heteroatoms. The van der Waals surface area contributed by atoms with Crippen LogP contribution in [-0.4, -0.2) is 15.0 Å². The molecule has 0 bridgehead atoms. The maximum Gasteiger partial charge on any atom is 0.164 e. The third kappa shape index (κ3) is 6.16. The van der Waals surface area contributed by atoms with Crippen LogP contribution in [0.1, 0.15) is 0 Å². The average molecular weight is 704 g/mol. The quantitative estimate of drug-likeness (QED) is 0.166. The highest BCUT2D eigenvalue weighted by Gasteiger charge is 2.18. The van der Waals surface area contributed by atoms with E-state index in [-0.39, 0.29) is 0 Å². The predicted octanol–water partition coefficient (Wildman–Crippen LogP) is 13.4. The van der Waals surface area contributed by atoms with Crippen LogP contribution in [0, 0.1) is 0 Å². The summed E-state index contributed by atoms with van der Waals surface area (Å²) in [5.74, 6) is 1.79. The van der Waals surface area contributed by atoms with Gasteiger partial charge in [0.1, 0.15) is 11.2 Å². The molecule has 0 spiro atoms. The van der Waals surface area contributed by atoms with Crippen molar-refractivity contribution in [2.75, 3.05) is 0 Å². The molecule has 0 radical (unpaired) electrons. The molecule has 55 heavy (non-hydrogen) atoms. The Hall–Kier alpha value is -7.43. The van der Waals surface area contributed by atoms with Crippen molar-refractivity contribution in [3.05, 3.63) is 200 Å². The highest BCUT2D eigenvalue weighted by atomic mass is 16.3. The minimum atomic E-state index is 0.578. The normalized spacial score (nSPS) is 11.3. The number of nitrogens with zero attached hydrogens (tertiary/aromatic N) is 3. The van der Waals surface area contributed by atoms with E-state index in [0.717, 1.165) is 72.0 Å². The second kappa shape index (κ2) is 13.8. The Morgan fingerprint density at radius 3 is 1.35 bits per heavy atom. The maximum absolute atomic E-state index is 6.56. The fourth-order valence-electron chi connectivity index (χ4n) is 7.42. The topological polar surface area (TPSA) is 51.8 Å². The molecule has 0 N–H and O–H groups in total. The van der Waals surface area contributed by atoms with Gasteiger partial charge in [0.25, 0.3) is 0 Å². The van der Waals surface area contributed by atoms with Crippen molar-refractivity contribution in [2.24, 2.45) is 0 Å². The van der Waals surface area contributed by atoms with Crippen LogP contribution in [0.3, 0.4) is 0 Å². The standard InChI is InChI=1S/C51H33N3O/c1-4-13-34(14-5-1)36-23-27-39(28-24-36)43-21-12-22-46-48(43)45-32-31-41(33-47(45)55-46)50-52-49(40-29-25-37(26-30-40)35-15-6-2-7-16-35)53-51(54-50)44-20-11-10-19-42(44)38-17-8-3-9-18-38/h1-33H. The van der Waals surface area contributed by atoms with Gasteiger partial charge in [-0.3, -0.25) is 0 Å². The van der Waals surface area contributed by atoms with Crippen LogP contribution in [0.25, 0.3) is 101 Å². The van der Waals surface area contributed by atoms with Crippen molar-refractivity contribution in [2.45, 2.75) is 0 Å². The SMILES string of the molecule is c1ccc(-c2ccc(-c3nc(-c4ccc5c(c4)oc4cccc(-c6ccc(-c7ccccc7)cc6)c45)nc(-c4ccccc4-c4ccccc4)n3)cc2)cc1. The van der Waals surface area contributed by atoms with Crippen molar-refractivity contribution < 1.29 is 4.42 Å². The number of rotatable bonds is 7. The molecule has 4 nitrogen and oxygen atoms in total. The van der Waals surface area contributed by atoms with Crippen LogP contribution in [-0.2, 0) is 0 Å². The van der Waals surface area contributed by atoms with Gasteiger partial charge in [-0.15, -0.1) is 0 Å². The number of hydrogen-bond acceptors (Lipinski definition) is 4. The Morgan fingerprint density at radius 1 is 0.273 bits per heavy atom. The van der Waals surface area contributed by atoms with Crippen molar-refractivity contribution in [1.29, 1.82) is 0 Å². The van der Waals surface area contributed by atoms with Gasteiger partial charge in [-0.2, -0.15) is 0 Å². The summed E-state index contributed by atoms with van der Waals surface area (Å²) in [7, 11) is 0. The summed E-state index contributed by atoms with van der Waals surface area (Å²) >= 11 is 0. The third-order valence-corrected chi connectivity index (χ3v) is 10.2. The van der Waals surface area contributed by atoms with E-state index in [1.54, 1.807) is 0 Å². The van der Waals surface area contributed by atoms with Gasteiger partial charge in [0.15, 0.2) is 17.5 Å². The number of furan rings is 1. The van der Waals surface area contributed by atoms with Gasteiger partial charge in [0.05, 0.1) is 0 Å². The summed E-state index contributed by atoms with van der Waals surface area (Å²) in [6.45, 7) is 0. The Kier molecular flexibility index (Phi) is 8.12. The van der Waals surface area contributed by atoms with Gasteiger partial charge in [-0.25, -0.2) is 15.0 Å². The maximum atomic E-state index is 6.56. The van der Waals surface area contributed by atoms with E-state index >= 15 is 0 Å². The van der Waals surface area contributed by atoms with E-state index in [9.17, 15) is 0 Å². The first-order chi connectivity index (χ1) is 27.2. The molecule has 0 saturated carbocycles. The van der Waals surface area contributed by atoms with Gasteiger partial charge in [0.2, 0.25) is 0 Å². The van der Waals surface area contributed by atoms with Crippen LogP contribution in [0.4, 0.5) is 0 Å². The summed E-state index contributed by atoms with van der Waals surface area (Å²) in [6, 6.07) is 69.2. The fraction of sp³-hybridized carbons (Fsp3) is 0. The largest absolute Gasteiger partial charge is 0.456 e. The fourth-order valence-corrected chi connectivity index (χ4v) is 7.42. The number of fused-ring (bicyclic) bond motifs is 3. The monoisotopic (exact) mass is 703 g/mol. The second-order valence-electron chi connectivity index (χ2n) is 13.6. The molecule has 0 atom stereocenters. The minimum absolute atomic E-state index is 0.578. The van der Waals surface area contributed by atoms with Crippen molar-refractivity contribution in [3.8, 4) is 78.7 Å². The number of aromatic nitrogens is 3. The van der Waals surface area contributed by atoms with Crippen LogP contribution in [0.5, 0.6) is 0 Å². The summed E-state index contributed by atoms with van der Waals surface area (Å²) in [5.41, 5.74) is 13.4. The van der Waals surface area contributed by atoms with Gasteiger partial charge in [-0.1, -0.05) is 182 Å². The van der Waals surface area contributed by atoms with Crippen molar-refractivity contribution >= 4 is 21.9 Å². The second-order valence-corrected chi connectivity index (χ2v) is 13.6. The lowest BCUT2D eigenvalue weighted by Crippen LogP contribution is -2.01. The van der Waals surface area contributed by atoms with Crippen molar-refractivity contribution in [3.63, 3.8) is 0 Å². The van der Waals surface area contributed by atoms with Gasteiger partial charge >= 0.3 is 0 Å². The Balaban J connectivity index is 1.09. The zero-order chi connectivity index (χ0) is 36.6. The Bertz CT molecular complexity index is 2940. The Labute approximate surface area is 319 Å². The molecule has 10 aromatic rings. The van der Waals surface area contributed by atoms with Crippen LogP contribution < -0.4 is 0 Å². The molecule has 0 aliphatic rings. The van der Waals surface area contributed by atoms with Gasteiger partial charge < -0.3 is 4.42 Å². The highest BCUT2D eigenvalue weighted by Crippen LogP contribution is 2.39. The van der Waals surface area contributed by atoms with Gasteiger partial charge in [-0.05, 0) is 62.7 Å². The first-order valence-electron chi connectivity index (χ1n) is 18.4. The predicted molar refractivity (Wildman–Crippen MR) is 225 cm³/mol. The molecule has 0 amide bonds. The smallest absolute Gasteiger partial charge is 0.164 e. The molecule has 2 aromatic heterocycles. The molecule has 0 fully saturated rings. The van der Waals surface area contributed by atoms with Gasteiger partial charge in [0, 0.05) is 27.5 Å². The van der Waals surface area contributed by atoms with E-state index in [1.165, 1.54) is 11.1 Å². The van der Waals surface area contributed by atoms with E-state index in [0.29, 0.717) is 17.5 Å². The summed E-state index contributed by atoms with van der Waals surface area (Å²) in [6.07, 6.45) is 0. The van der Waals surface area contributed by atoms with Crippen molar-refractivity contribution in [1.82, 2.24) is 15.0 Å². The first kappa shape index (κ1) is 32.2. The zero-order valence-corrected chi connectivity index (χ0v) is 29.8. The molecular formula is C51H33N3O. The van der Waals surface area contributed by atoms with Crippen LogP contribution >= 0.6 is 0 Å². The highest BCUT2D eigenvalue weighted by molar-refractivity contribution is 6.13. The summed E-state index contributed by atoms with van der Waals surface area (Å²) in [5, 5.41) is 2.13. The van der Waals surface area contributed by atoms with E-state index in [4.69, 9.17) is 19.4 Å². The molecular weight excluding hydrogens is 671 g/mol. The van der Waals surface area contributed by atoms with Crippen LogP contribution in [0.15, 0.2) is 205 Å². The van der Waals surface area contributed by atoms with Crippen LogP contribution in [0.2, 0.25) is 0 Å². The zero-order valence-electron chi connectivity index (χ0n) is 29.8. The molecule has 258 valence electrons. The first-order valence-corrected chi connectivity index (χ1v) is 18.4. The number of hydrogen-bond donors (Lipinski definition) is 0. The molecule has 2 heterocycles. The summed E-state index contributed by atoms with van der Waals surface area (Å²) in [4.78, 5) is 15.4. The van der Waals surface area contributed by atoms with E-state index < -0.39 is 0 Å². The molecule has 10 rings (SSSR count). The number of benzene rings is 8. The summed E-state index contributed by atoms with van der Waals surface area (Å²) < 4.78 is 6.56. The molecule has 8 aromatic carbocycles. The minimum Gasteiger partial charge on any atom is -0.456 e. The van der Waals surface area contributed by atoms with E-state index in [1.807, 2.05) is 30.3 Å². The molecule has 0 saturated heterocycles.